The molecular formula is C23H16F3N3O2. The monoisotopic (exact) mass is 423 g/mol. The molecule has 5 nitrogen and oxygen atoms in total. The van der Waals surface area contributed by atoms with Crippen molar-refractivity contribution in [3.8, 4) is 28.2 Å². The number of carbonyl (C=O) groups excluding carboxylic acids is 1. The molecule has 4 aromatic rings. The van der Waals surface area contributed by atoms with Gasteiger partial charge in [-0.1, -0.05) is 54.6 Å². The number of nitrogens with zero attached hydrogens (tertiary/aromatic N) is 3. The van der Waals surface area contributed by atoms with E-state index in [0.29, 0.717) is 5.56 Å². The molecule has 0 unspecified atom stereocenters. The number of pyridine rings is 1. The second kappa shape index (κ2) is 8.06. The first kappa shape index (κ1) is 20.3. The second-order valence-corrected chi connectivity index (χ2v) is 6.66. The van der Waals surface area contributed by atoms with Gasteiger partial charge in [-0.2, -0.15) is 18.3 Å². The van der Waals surface area contributed by atoms with E-state index in [1.165, 1.54) is 19.2 Å². The maximum atomic E-state index is 13.6. The van der Waals surface area contributed by atoms with Crippen molar-refractivity contribution >= 4 is 5.97 Å². The fourth-order valence-electron chi connectivity index (χ4n) is 3.11. The van der Waals surface area contributed by atoms with Gasteiger partial charge in [0.1, 0.15) is 0 Å². The van der Waals surface area contributed by atoms with Crippen LogP contribution in [0, 0.1) is 0 Å². The van der Waals surface area contributed by atoms with E-state index in [1.54, 1.807) is 12.1 Å². The number of hydrogen-bond acceptors (Lipinski definition) is 4. The average Bonchev–Trinajstić information content (AvgIpc) is 3.26. The summed E-state index contributed by atoms with van der Waals surface area (Å²) in [6.45, 7) is 0. The van der Waals surface area contributed by atoms with Crippen molar-refractivity contribution in [2.24, 2.45) is 0 Å². The van der Waals surface area contributed by atoms with E-state index in [0.717, 1.165) is 28.1 Å². The Morgan fingerprint density at radius 3 is 2.13 bits per heavy atom. The van der Waals surface area contributed by atoms with E-state index >= 15 is 0 Å². The molecule has 2 heterocycles. The molecule has 4 rings (SSSR count). The van der Waals surface area contributed by atoms with E-state index in [1.807, 2.05) is 42.5 Å². The molecule has 0 atom stereocenters. The largest absolute Gasteiger partial charge is 0.465 e. The summed E-state index contributed by atoms with van der Waals surface area (Å²) in [4.78, 5) is 15.5. The Balaban J connectivity index is 1.72. The van der Waals surface area contributed by atoms with Crippen LogP contribution >= 0.6 is 0 Å². The maximum absolute atomic E-state index is 13.6. The molecule has 0 saturated heterocycles. The lowest BCUT2D eigenvalue weighted by molar-refractivity contribution is -0.142. The van der Waals surface area contributed by atoms with Crippen LogP contribution in [-0.4, -0.2) is 27.8 Å². The van der Waals surface area contributed by atoms with Gasteiger partial charge >= 0.3 is 12.1 Å². The molecule has 0 aliphatic heterocycles. The van der Waals surface area contributed by atoms with E-state index in [9.17, 15) is 18.0 Å². The molecule has 0 aliphatic carbocycles. The van der Waals surface area contributed by atoms with Crippen LogP contribution in [0.1, 0.15) is 16.1 Å². The van der Waals surface area contributed by atoms with Gasteiger partial charge < -0.3 is 4.74 Å². The zero-order valence-corrected chi connectivity index (χ0v) is 16.3. The lowest BCUT2D eigenvalue weighted by atomic mass is 10.0. The Bertz CT molecular complexity index is 1200. The minimum absolute atomic E-state index is 0.0628. The smallest absolute Gasteiger partial charge is 0.433 e. The van der Waals surface area contributed by atoms with Gasteiger partial charge in [0.15, 0.2) is 11.5 Å². The van der Waals surface area contributed by atoms with E-state index < -0.39 is 17.8 Å². The minimum Gasteiger partial charge on any atom is -0.465 e. The van der Waals surface area contributed by atoms with Gasteiger partial charge in [0.05, 0.1) is 18.4 Å². The first-order valence-corrected chi connectivity index (χ1v) is 9.24. The number of ether oxygens (including phenoxy) is 1. The molecule has 156 valence electrons. The number of esters is 1. The van der Waals surface area contributed by atoms with Crippen molar-refractivity contribution < 1.29 is 22.7 Å². The van der Waals surface area contributed by atoms with Crippen molar-refractivity contribution in [3.63, 3.8) is 0 Å². The molecule has 0 fully saturated rings. The quantitative estimate of drug-likeness (QED) is 0.412. The summed E-state index contributed by atoms with van der Waals surface area (Å²) in [6, 6.07) is 20.4. The lowest BCUT2D eigenvalue weighted by Gasteiger charge is -2.09. The van der Waals surface area contributed by atoms with Crippen LogP contribution in [-0.2, 0) is 10.9 Å². The Labute approximate surface area is 175 Å². The van der Waals surface area contributed by atoms with Crippen molar-refractivity contribution in [3.05, 3.63) is 90.3 Å². The molecular weight excluding hydrogens is 407 g/mol. The molecule has 0 aliphatic rings. The van der Waals surface area contributed by atoms with Crippen molar-refractivity contribution in [2.45, 2.75) is 6.18 Å². The van der Waals surface area contributed by atoms with Gasteiger partial charge in [-0.15, -0.1) is 0 Å². The summed E-state index contributed by atoms with van der Waals surface area (Å²) in [5, 5.41) is 4.13. The predicted molar refractivity (Wildman–Crippen MR) is 109 cm³/mol. The number of aromatic nitrogens is 3. The van der Waals surface area contributed by atoms with Crippen LogP contribution < -0.4 is 0 Å². The number of alkyl halides is 3. The van der Waals surface area contributed by atoms with Crippen LogP contribution in [0.4, 0.5) is 13.2 Å². The number of methoxy groups -OCH3 is 1. The Hall–Kier alpha value is -3.94. The summed E-state index contributed by atoms with van der Waals surface area (Å²) < 4.78 is 46.2. The Morgan fingerprint density at radius 2 is 1.55 bits per heavy atom. The highest BCUT2D eigenvalue weighted by Crippen LogP contribution is 2.34. The highest BCUT2D eigenvalue weighted by Gasteiger charge is 2.36. The zero-order chi connectivity index (χ0) is 22.0. The van der Waals surface area contributed by atoms with Gasteiger partial charge in [-0.25, -0.2) is 14.5 Å². The SMILES string of the molecule is COC(=O)c1ccc(-n2nc(-c3ccc(-c4ccccc4)cc3)cc2C(F)(F)F)nc1. The number of carbonyl (C=O) groups is 1. The molecule has 0 bridgehead atoms. The molecule has 2 aromatic heterocycles. The van der Waals surface area contributed by atoms with Crippen LogP contribution in [0.15, 0.2) is 79.0 Å². The molecule has 0 N–H and O–H groups in total. The van der Waals surface area contributed by atoms with E-state index in [-0.39, 0.29) is 17.1 Å². The number of rotatable bonds is 4. The van der Waals surface area contributed by atoms with Crippen LogP contribution in [0.25, 0.3) is 28.2 Å². The normalized spacial score (nSPS) is 11.4. The molecule has 0 radical (unpaired) electrons. The van der Waals surface area contributed by atoms with Gasteiger partial charge in [-0.3, -0.25) is 0 Å². The first-order valence-electron chi connectivity index (χ1n) is 9.24. The third kappa shape index (κ3) is 4.18. The fourth-order valence-corrected chi connectivity index (χ4v) is 3.11. The average molecular weight is 423 g/mol. The second-order valence-electron chi connectivity index (χ2n) is 6.66. The molecule has 0 saturated carbocycles. The fraction of sp³-hybridized carbons (Fsp3) is 0.0870. The van der Waals surface area contributed by atoms with Crippen molar-refractivity contribution in [1.82, 2.24) is 14.8 Å². The van der Waals surface area contributed by atoms with E-state index in [4.69, 9.17) is 0 Å². The molecule has 0 amide bonds. The van der Waals surface area contributed by atoms with Crippen LogP contribution in [0.5, 0.6) is 0 Å². The Kier molecular flexibility index (Phi) is 5.29. The highest BCUT2D eigenvalue weighted by molar-refractivity contribution is 5.88. The summed E-state index contributed by atoms with van der Waals surface area (Å²) in [6.07, 6.45) is -3.49. The first-order chi connectivity index (χ1) is 14.9. The lowest BCUT2D eigenvalue weighted by Crippen LogP contribution is -2.14. The molecule has 0 spiro atoms. The highest BCUT2D eigenvalue weighted by atomic mass is 19.4. The van der Waals surface area contributed by atoms with Crippen LogP contribution in [0.2, 0.25) is 0 Å². The zero-order valence-electron chi connectivity index (χ0n) is 16.3. The summed E-state index contributed by atoms with van der Waals surface area (Å²) >= 11 is 0. The third-order valence-electron chi connectivity index (χ3n) is 4.67. The molecule has 8 heteroatoms. The number of hydrogen-bond donors (Lipinski definition) is 0. The third-order valence-corrected chi connectivity index (χ3v) is 4.67. The maximum Gasteiger partial charge on any atom is 0.433 e. The van der Waals surface area contributed by atoms with Crippen molar-refractivity contribution in [2.75, 3.05) is 7.11 Å². The van der Waals surface area contributed by atoms with Gasteiger partial charge in [0.25, 0.3) is 0 Å². The van der Waals surface area contributed by atoms with Gasteiger partial charge in [0, 0.05) is 11.8 Å². The van der Waals surface area contributed by atoms with Crippen molar-refractivity contribution in [1.29, 1.82) is 0 Å². The summed E-state index contributed by atoms with van der Waals surface area (Å²) in [7, 11) is 1.21. The summed E-state index contributed by atoms with van der Waals surface area (Å²) in [5.41, 5.74) is 1.81. The Morgan fingerprint density at radius 1 is 0.903 bits per heavy atom. The molecule has 2 aromatic carbocycles. The topological polar surface area (TPSA) is 57.0 Å². The van der Waals surface area contributed by atoms with Gasteiger partial charge in [0.2, 0.25) is 0 Å². The van der Waals surface area contributed by atoms with Crippen LogP contribution in [0.3, 0.4) is 0 Å². The van der Waals surface area contributed by atoms with E-state index in [2.05, 4.69) is 14.8 Å². The number of benzene rings is 2. The molecule has 31 heavy (non-hydrogen) atoms. The summed E-state index contributed by atoms with van der Waals surface area (Å²) in [5.74, 6) is -0.693. The number of halogens is 3. The minimum atomic E-state index is -4.64. The predicted octanol–water partition coefficient (Wildman–Crippen LogP) is 5.41. The van der Waals surface area contributed by atoms with Gasteiger partial charge in [-0.05, 0) is 29.3 Å². The standard InChI is InChI=1S/C23H16F3N3O2/c1-31-22(30)18-11-12-21(27-14-18)29-20(23(24,25)26)13-19(28-29)17-9-7-16(8-10-17)15-5-3-2-4-6-15/h2-14H,1H3.